The van der Waals surface area contributed by atoms with Gasteiger partial charge in [-0.15, -0.1) is 0 Å². The zero-order valence-corrected chi connectivity index (χ0v) is 18.0. The van der Waals surface area contributed by atoms with Crippen LogP contribution in [-0.2, 0) is 6.42 Å². The van der Waals surface area contributed by atoms with Crippen molar-refractivity contribution in [1.29, 1.82) is 0 Å². The molecule has 0 atom stereocenters. The lowest BCUT2D eigenvalue weighted by molar-refractivity contribution is 0.0925. The molecule has 3 rings (SSSR count). The molecule has 1 aromatic carbocycles. The van der Waals surface area contributed by atoms with E-state index in [2.05, 4.69) is 57.2 Å². The van der Waals surface area contributed by atoms with Gasteiger partial charge in [0.05, 0.1) is 6.26 Å². The Morgan fingerprint density at radius 3 is 2.73 bits per heavy atom. The third kappa shape index (κ3) is 5.43. The number of hydrogen-bond donors (Lipinski definition) is 4. The quantitative estimate of drug-likeness (QED) is 0.248. The molecule has 160 valence electrons. The van der Waals surface area contributed by atoms with Gasteiger partial charge in [0, 0.05) is 48.8 Å². The molecule has 2 heterocycles. The van der Waals surface area contributed by atoms with Crippen LogP contribution in [0, 0.1) is 13.8 Å². The van der Waals surface area contributed by atoms with Crippen molar-refractivity contribution in [3.8, 4) is 0 Å². The van der Waals surface area contributed by atoms with Gasteiger partial charge in [0.25, 0.3) is 5.91 Å². The number of aromatic nitrogens is 1. The summed E-state index contributed by atoms with van der Waals surface area (Å²) < 4.78 is 5.20. The molecule has 7 nitrogen and oxygen atoms in total. The van der Waals surface area contributed by atoms with E-state index in [0.717, 1.165) is 37.5 Å². The summed E-state index contributed by atoms with van der Waals surface area (Å²) in [5.41, 5.74) is 4.62. The lowest BCUT2D eigenvalue weighted by Gasteiger charge is -2.11. The second-order valence-corrected chi connectivity index (χ2v) is 7.29. The molecule has 0 aliphatic carbocycles. The Bertz CT molecular complexity index is 1000. The van der Waals surface area contributed by atoms with E-state index in [9.17, 15) is 4.79 Å². The zero-order chi connectivity index (χ0) is 21.3. The number of carbonyl (C=O) groups excluding carboxylic acids is 1. The third-order valence-corrected chi connectivity index (χ3v) is 4.99. The summed E-state index contributed by atoms with van der Waals surface area (Å²) in [6, 6.07) is 8.11. The van der Waals surface area contributed by atoms with Crippen molar-refractivity contribution < 1.29 is 9.21 Å². The van der Waals surface area contributed by atoms with Gasteiger partial charge >= 0.3 is 0 Å². The number of H-pyrrole nitrogens is 1. The van der Waals surface area contributed by atoms with Gasteiger partial charge in [-0.2, -0.15) is 0 Å². The van der Waals surface area contributed by atoms with Crippen molar-refractivity contribution in [3.63, 3.8) is 0 Å². The largest absolute Gasteiger partial charge is 0.459 e. The Labute approximate surface area is 177 Å². The molecule has 0 spiro atoms. The van der Waals surface area contributed by atoms with E-state index in [1.54, 1.807) is 6.07 Å². The molecule has 0 saturated carbocycles. The number of hydrogen-bond acceptors (Lipinski definition) is 3. The lowest BCUT2D eigenvalue weighted by Crippen LogP contribution is -2.38. The Kier molecular flexibility index (Phi) is 7.54. The topological polar surface area (TPSA) is 94.4 Å². The van der Waals surface area contributed by atoms with Crippen LogP contribution in [-0.4, -0.2) is 43.0 Å². The van der Waals surface area contributed by atoms with Crippen LogP contribution in [0.5, 0.6) is 0 Å². The first kappa shape index (κ1) is 21.5. The van der Waals surface area contributed by atoms with Crippen LogP contribution >= 0.6 is 0 Å². The van der Waals surface area contributed by atoms with Crippen molar-refractivity contribution in [2.24, 2.45) is 4.99 Å². The molecule has 4 N–H and O–H groups in total. The number of aliphatic imine (C=N–C) groups is 1. The number of nitrogens with zero attached hydrogens (tertiary/aromatic N) is 1. The van der Waals surface area contributed by atoms with Crippen molar-refractivity contribution in [2.75, 3.05) is 26.2 Å². The predicted molar refractivity (Wildman–Crippen MR) is 121 cm³/mol. The molecule has 0 fully saturated rings. The molecular weight excluding hydrogens is 378 g/mol. The normalized spacial score (nSPS) is 11.6. The van der Waals surface area contributed by atoms with Crippen molar-refractivity contribution in [1.82, 2.24) is 20.9 Å². The molecule has 0 aliphatic rings. The fraction of sp³-hybridized carbons (Fsp3) is 0.391. The maximum atomic E-state index is 12.0. The van der Waals surface area contributed by atoms with Gasteiger partial charge in [-0.05, 0) is 56.9 Å². The van der Waals surface area contributed by atoms with Crippen molar-refractivity contribution in [3.05, 3.63) is 59.2 Å². The summed E-state index contributed by atoms with van der Waals surface area (Å²) in [6.07, 6.45) is 5.28. The highest BCUT2D eigenvalue weighted by Gasteiger charge is 2.11. The van der Waals surface area contributed by atoms with E-state index in [0.29, 0.717) is 18.8 Å². The van der Waals surface area contributed by atoms with Gasteiger partial charge in [-0.3, -0.25) is 9.79 Å². The van der Waals surface area contributed by atoms with Gasteiger partial charge in [-0.1, -0.05) is 12.1 Å². The van der Waals surface area contributed by atoms with E-state index < -0.39 is 0 Å². The lowest BCUT2D eigenvalue weighted by atomic mass is 10.1. The van der Waals surface area contributed by atoms with Crippen LogP contribution in [0.2, 0.25) is 0 Å². The average molecular weight is 410 g/mol. The van der Waals surface area contributed by atoms with Gasteiger partial charge in [0.2, 0.25) is 0 Å². The number of benzene rings is 1. The maximum absolute atomic E-state index is 12.0. The number of furan rings is 1. The first-order chi connectivity index (χ1) is 14.6. The average Bonchev–Trinajstić information content (AvgIpc) is 3.34. The summed E-state index contributed by atoms with van der Waals surface area (Å²) in [5.74, 6) is 0.990. The zero-order valence-electron chi connectivity index (χ0n) is 18.0. The number of amides is 1. The Balaban J connectivity index is 1.44. The maximum Gasteiger partial charge on any atom is 0.287 e. The highest BCUT2D eigenvalue weighted by molar-refractivity contribution is 5.92. The summed E-state index contributed by atoms with van der Waals surface area (Å²) in [4.78, 5) is 20.0. The van der Waals surface area contributed by atoms with Gasteiger partial charge in [0.15, 0.2) is 11.7 Å². The van der Waals surface area contributed by atoms with E-state index in [4.69, 9.17) is 4.42 Å². The number of carbonyl (C=O) groups is 1. The first-order valence-corrected chi connectivity index (χ1v) is 10.5. The molecule has 1 amide bonds. The minimum Gasteiger partial charge on any atom is -0.459 e. The molecule has 3 aromatic rings. The van der Waals surface area contributed by atoms with Crippen LogP contribution < -0.4 is 16.0 Å². The standard InChI is InChI=1S/C23H31N5O2/c1-4-24-23(26-12-6-11-25-22(29)21-17(3)10-14-30-21)27-13-9-18-15-28-19-8-5-7-16(2)20(18)19/h5,7-8,10,14-15,28H,4,6,9,11-13H2,1-3H3,(H,25,29)(H2,24,26,27). The summed E-state index contributed by atoms with van der Waals surface area (Å²) >= 11 is 0. The first-order valence-electron chi connectivity index (χ1n) is 10.5. The van der Waals surface area contributed by atoms with E-state index in [1.165, 1.54) is 28.3 Å². The van der Waals surface area contributed by atoms with Gasteiger partial charge in [-0.25, -0.2) is 0 Å². The number of fused-ring (bicyclic) bond motifs is 1. The van der Waals surface area contributed by atoms with Crippen molar-refractivity contribution in [2.45, 2.75) is 33.6 Å². The Morgan fingerprint density at radius 2 is 1.97 bits per heavy atom. The van der Waals surface area contributed by atoms with Gasteiger partial charge < -0.3 is 25.4 Å². The Morgan fingerprint density at radius 1 is 1.10 bits per heavy atom. The number of nitrogens with one attached hydrogen (secondary N) is 4. The van der Waals surface area contributed by atoms with E-state index in [1.807, 2.05) is 13.8 Å². The van der Waals surface area contributed by atoms with Crippen LogP contribution in [0.25, 0.3) is 10.9 Å². The fourth-order valence-corrected chi connectivity index (χ4v) is 3.46. The third-order valence-electron chi connectivity index (χ3n) is 4.99. The van der Waals surface area contributed by atoms with E-state index in [-0.39, 0.29) is 5.91 Å². The highest BCUT2D eigenvalue weighted by Crippen LogP contribution is 2.22. The molecular formula is C23H31N5O2. The molecule has 2 aromatic heterocycles. The second kappa shape index (κ2) is 10.5. The summed E-state index contributed by atoms with van der Waals surface area (Å²) in [5, 5.41) is 10.8. The molecule has 7 heteroatoms. The van der Waals surface area contributed by atoms with Crippen LogP contribution in [0.4, 0.5) is 0 Å². The smallest absolute Gasteiger partial charge is 0.287 e. The summed E-state index contributed by atoms with van der Waals surface area (Å²) in [7, 11) is 0. The van der Waals surface area contributed by atoms with Crippen LogP contribution in [0.3, 0.4) is 0 Å². The SMILES string of the molecule is CCNC(=NCCCNC(=O)c1occc1C)NCCc1c[nH]c2cccc(C)c12. The number of guanidine groups is 1. The molecule has 0 saturated heterocycles. The summed E-state index contributed by atoms with van der Waals surface area (Å²) in [6.45, 7) is 8.81. The van der Waals surface area contributed by atoms with E-state index >= 15 is 0 Å². The number of aromatic amines is 1. The van der Waals surface area contributed by atoms with Crippen LogP contribution in [0.15, 0.2) is 46.1 Å². The number of rotatable bonds is 9. The molecule has 0 radical (unpaired) electrons. The molecule has 0 unspecified atom stereocenters. The highest BCUT2D eigenvalue weighted by atomic mass is 16.3. The molecule has 0 bridgehead atoms. The number of aryl methyl sites for hydroxylation is 2. The minimum absolute atomic E-state index is 0.180. The minimum atomic E-state index is -0.180. The molecule has 0 aliphatic heterocycles. The Hall–Kier alpha value is -3.22. The monoisotopic (exact) mass is 409 g/mol. The molecule has 30 heavy (non-hydrogen) atoms. The van der Waals surface area contributed by atoms with Crippen LogP contribution in [0.1, 0.15) is 40.6 Å². The predicted octanol–water partition coefficient (Wildman–Crippen LogP) is 3.30. The second-order valence-electron chi connectivity index (χ2n) is 7.29. The van der Waals surface area contributed by atoms with Gasteiger partial charge in [0.1, 0.15) is 0 Å². The fourth-order valence-electron chi connectivity index (χ4n) is 3.46. The van der Waals surface area contributed by atoms with Crippen molar-refractivity contribution >= 4 is 22.8 Å².